The molecule has 0 N–H and O–H groups in total. The minimum atomic E-state index is 1.00. The number of aryl methyl sites for hydroxylation is 1. The highest BCUT2D eigenvalue weighted by molar-refractivity contribution is 7.16. The summed E-state index contributed by atoms with van der Waals surface area (Å²) in [6.45, 7) is 0. The van der Waals surface area contributed by atoms with Gasteiger partial charge in [-0.3, -0.25) is 0 Å². The molecule has 0 saturated heterocycles. The van der Waals surface area contributed by atoms with E-state index in [2.05, 4.69) is 22.1 Å². The molecule has 0 amide bonds. The fourth-order valence-corrected chi connectivity index (χ4v) is 2.20. The smallest absolute Gasteiger partial charge is 0.116 e. The Labute approximate surface area is 78.7 Å². The second-order valence-corrected chi connectivity index (χ2v) is 3.87. The number of hydrogen-bond acceptors (Lipinski definition) is 3. The molecule has 0 fully saturated rings. The van der Waals surface area contributed by atoms with Crippen molar-refractivity contribution in [2.45, 2.75) is 0 Å². The van der Waals surface area contributed by atoms with Crippen LogP contribution in [0.25, 0.3) is 21.3 Å². The van der Waals surface area contributed by atoms with E-state index in [0.29, 0.717) is 0 Å². The Bertz CT molecular complexity index is 579. The van der Waals surface area contributed by atoms with Crippen molar-refractivity contribution in [1.29, 1.82) is 0 Å². The summed E-state index contributed by atoms with van der Waals surface area (Å²) in [6, 6.07) is 4.18. The van der Waals surface area contributed by atoms with Crippen molar-refractivity contribution in [1.82, 2.24) is 14.5 Å². The van der Waals surface area contributed by atoms with Crippen molar-refractivity contribution in [3.8, 4) is 0 Å². The van der Waals surface area contributed by atoms with Gasteiger partial charge in [-0.25, -0.2) is 9.97 Å². The summed E-state index contributed by atoms with van der Waals surface area (Å²) in [6.07, 6.45) is 1.82. The predicted octanol–water partition coefficient (Wildman–Crippen LogP) is 2.18. The largest absolute Gasteiger partial charge is 0.334 e. The van der Waals surface area contributed by atoms with Crippen LogP contribution in [-0.4, -0.2) is 14.5 Å². The van der Waals surface area contributed by atoms with Gasteiger partial charge in [-0.05, 0) is 12.1 Å². The topological polar surface area (TPSA) is 30.7 Å². The molecule has 3 aromatic rings. The normalized spacial score (nSPS) is 11.5. The second-order valence-electron chi connectivity index (χ2n) is 2.99. The molecule has 2 aromatic heterocycles. The van der Waals surface area contributed by atoms with Gasteiger partial charge in [0.2, 0.25) is 0 Å². The monoisotopic (exact) mass is 189 g/mol. The minimum Gasteiger partial charge on any atom is -0.334 e. The van der Waals surface area contributed by atoms with E-state index in [-0.39, 0.29) is 0 Å². The fraction of sp³-hybridized carbons (Fsp3) is 0.111. The molecule has 13 heavy (non-hydrogen) atoms. The Hall–Kier alpha value is -1.42. The molecule has 4 heteroatoms. The van der Waals surface area contributed by atoms with Crippen molar-refractivity contribution < 1.29 is 0 Å². The maximum absolute atomic E-state index is 4.33. The zero-order chi connectivity index (χ0) is 8.84. The highest BCUT2D eigenvalue weighted by Gasteiger charge is 2.05. The van der Waals surface area contributed by atoms with Crippen LogP contribution < -0.4 is 0 Å². The Balaban J connectivity index is 2.66. The maximum Gasteiger partial charge on any atom is 0.116 e. The van der Waals surface area contributed by atoms with Gasteiger partial charge in [0.1, 0.15) is 11.0 Å². The number of thiazole rings is 1. The van der Waals surface area contributed by atoms with Crippen molar-refractivity contribution in [3.63, 3.8) is 0 Å². The van der Waals surface area contributed by atoms with Crippen LogP contribution in [0.3, 0.4) is 0 Å². The molecule has 0 unspecified atom stereocenters. The quantitative estimate of drug-likeness (QED) is 0.542. The van der Waals surface area contributed by atoms with E-state index in [4.69, 9.17) is 0 Å². The van der Waals surface area contributed by atoms with Crippen LogP contribution >= 0.6 is 11.3 Å². The van der Waals surface area contributed by atoms with E-state index in [0.717, 1.165) is 16.6 Å². The molecule has 2 heterocycles. The number of benzene rings is 1. The van der Waals surface area contributed by atoms with Crippen molar-refractivity contribution in [3.05, 3.63) is 24.0 Å². The molecule has 0 bridgehead atoms. The lowest BCUT2D eigenvalue weighted by Crippen LogP contribution is -1.82. The number of aromatic nitrogens is 3. The summed E-state index contributed by atoms with van der Waals surface area (Å²) in [7, 11) is 1.99. The van der Waals surface area contributed by atoms with Crippen LogP contribution in [0, 0.1) is 0 Å². The standard InChI is InChI=1S/C9H7N3S/c1-12-4-10-8-6(12)2-3-7-9(8)11-5-13-7/h2-5H,1H3. The molecule has 0 spiro atoms. The molecular formula is C9H7N3S. The van der Waals surface area contributed by atoms with E-state index < -0.39 is 0 Å². The van der Waals surface area contributed by atoms with Gasteiger partial charge in [-0.15, -0.1) is 11.3 Å². The summed E-state index contributed by atoms with van der Waals surface area (Å²) >= 11 is 1.65. The predicted molar refractivity (Wildman–Crippen MR) is 53.9 cm³/mol. The van der Waals surface area contributed by atoms with Crippen LogP contribution in [0.1, 0.15) is 0 Å². The molecule has 0 saturated carbocycles. The lowest BCUT2D eigenvalue weighted by atomic mass is 10.3. The van der Waals surface area contributed by atoms with Gasteiger partial charge in [0, 0.05) is 7.05 Å². The van der Waals surface area contributed by atoms with E-state index in [1.54, 1.807) is 11.3 Å². The van der Waals surface area contributed by atoms with Gasteiger partial charge in [0.15, 0.2) is 0 Å². The van der Waals surface area contributed by atoms with Crippen LogP contribution in [0.2, 0.25) is 0 Å². The first-order valence-corrected chi connectivity index (χ1v) is 4.87. The molecule has 1 aromatic carbocycles. The number of imidazole rings is 1. The number of rotatable bonds is 0. The van der Waals surface area contributed by atoms with E-state index in [9.17, 15) is 0 Å². The van der Waals surface area contributed by atoms with Crippen molar-refractivity contribution in [2.75, 3.05) is 0 Å². The SMILES string of the molecule is Cn1cnc2c3ncsc3ccc21. The van der Waals surface area contributed by atoms with Gasteiger partial charge in [0.05, 0.1) is 22.1 Å². The molecule has 0 aliphatic carbocycles. The highest BCUT2D eigenvalue weighted by Crippen LogP contribution is 2.25. The first-order valence-electron chi connectivity index (χ1n) is 3.99. The Morgan fingerprint density at radius 2 is 2.15 bits per heavy atom. The van der Waals surface area contributed by atoms with Crippen molar-refractivity contribution >= 4 is 32.6 Å². The summed E-state index contributed by atoms with van der Waals surface area (Å²) in [5, 5.41) is 0. The third-order valence-corrected chi connectivity index (χ3v) is 2.99. The summed E-state index contributed by atoms with van der Waals surface area (Å²) in [4.78, 5) is 8.63. The zero-order valence-corrected chi connectivity index (χ0v) is 7.88. The summed E-state index contributed by atoms with van der Waals surface area (Å²) in [5.74, 6) is 0. The molecule has 0 atom stereocenters. The van der Waals surface area contributed by atoms with Gasteiger partial charge < -0.3 is 4.57 Å². The number of hydrogen-bond donors (Lipinski definition) is 0. The molecular weight excluding hydrogens is 182 g/mol. The minimum absolute atomic E-state index is 1.00. The summed E-state index contributed by atoms with van der Waals surface area (Å²) in [5.41, 5.74) is 5.02. The molecule has 0 aliphatic heterocycles. The Morgan fingerprint density at radius 3 is 3.08 bits per heavy atom. The molecule has 0 radical (unpaired) electrons. The van der Waals surface area contributed by atoms with Crippen LogP contribution in [0.4, 0.5) is 0 Å². The number of fused-ring (bicyclic) bond motifs is 3. The van der Waals surface area contributed by atoms with Gasteiger partial charge in [-0.1, -0.05) is 0 Å². The van der Waals surface area contributed by atoms with Crippen LogP contribution in [-0.2, 0) is 7.05 Å². The highest BCUT2D eigenvalue weighted by atomic mass is 32.1. The molecule has 64 valence electrons. The average Bonchev–Trinajstić information content (AvgIpc) is 2.70. The third-order valence-electron chi connectivity index (χ3n) is 2.19. The van der Waals surface area contributed by atoms with E-state index in [1.807, 2.05) is 23.5 Å². The maximum atomic E-state index is 4.33. The van der Waals surface area contributed by atoms with Crippen molar-refractivity contribution in [2.24, 2.45) is 7.05 Å². The average molecular weight is 189 g/mol. The number of nitrogens with zero attached hydrogens (tertiary/aromatic N) is 3. The van der Waals surface area contributed by atoms with Crippen LogP contribution in [0.15, 0.2) is 24.0 Å². The first-order chi connectivity index (χ1) is 6.36. The lowest BCUT2D eigenvalue weighted by Gasteiger charge is -1.93. The Morgan fingerprint density at radius 1 is 1.23 bits per heavy atom. The third kappa shape index (κ3) is 0.833. The summed E-state index contributed by atoms with van der Waals surface area (Å²) < 4.78 is 3.21. The van der Waals surface area contributed by atoms with Gasteiger partial charge >= 0.3 is 0 Å². The van der Waals surface area contributed by atoms with E-state index >= 15 is 0 Å². The zero-order valence-electron chi connectivity index (χ0n) is 7.06. The van der Waals surface area contributed by atoms with E-state index in [1.165, 1.54) is 4.70 Å². The molecule has 3 rings (SSSR count). The lowest BCUT2D eigenvalue weighted by molar-refractivity contribution is 0.948. The molecule has 3 nitrogen and oxygen atoms in total. The van der Waals surface area contributed by atoms with Crippen LogP contribution in [0.5, 0.6) is 0 Å². The molecule has 0 aliphatic rings. The Kier molecular flexibility index (Phi) is 1.24. The second kappa shape index (κ2) is 2.29. The first kappa shape index (κ1) is 7.03. The fourth-order valence-electron chi connectivity index (χ4n) is 1.52. The van der Waals surface area contributed by atoms with Gasteiger partial charge in [0.25, 0.3) is 0 Å². The van der Waals surface area contributed by atoms with Gasteiger partial charge in [-0.2, -0.15) is 0 Å².